The molecule has 3 aromatic rings. The predicted molar refractivity (Wildman–Crippen MR) is 164 cm³/mol. The van der Waals surface area contributed by atoms with E-state index < -0.39 is 23.6 Å². The molecule has 1 aliphatic heterocycles. The van der Waals surface area contributed by atoms with Crippen LogP contribution >= 0.6 is 11.3 Å². The number of aliphatic carboxylic acids is 1. The van der Waals surface area contributed by atoms with E-state index in [2.05, 4.69) is 4.90 Å². The van der Waals surface area contributed by atoms with E-state index in [1.807, 2.05) is 38.8 Å². The van der Waals surface area contributed by atoms with Crippen LogP contribution < -0.4 is 0 Å². The van der Waals surface area contributed by atoms with E-state index >= 15 is 0 Å². The number of aromatic nitrogens is 1. The maximum atomic E-state index is 14.3. The van der Waals surface area contributed by atoms with Gasteiger partial charge in [0.2, 0.25) is 0 Å². The highest BCUT2D eigenvalue weighted by Gasteiger charge is 2.42. The van der Waals surface area contributed by atoms with Crippen LogP contribution in [0.5, 0.6) is 0 Å². The molecule has 5 nitrogen and oxygen atoms in total. The lowest BCUT2D eigenvalue weighted by molar-refractivity contribution is -0.145. The number of likely N-dealkylation sites (tertiary alicyclic amines) is 1. The van der Waals surface area contributed by atoms with Crippen molar-refractivity contribution in [2.75, 3.05) is 26.7 Å². The summed E-state index contributed by atoms with van der Waals surface area (Å²) in [6, 6.07) is 10.1. The van der Waals surface area contributed by atoms with E-state index in [4.69, 9.17) is 4.98 Å². The monoisotopic (exact) mass is 613 g/mol. The fourth-order valence-electron chi connectivity index (χ4n) is 7.45. The first-order valence-corrected chi connectivity index (χ1v) is 16.1. The Bertz CT molecular complexity index is 1400. The molecular formula is C34H42F3N3O2S. The summed E-state index contributed by atoms with van der Waals surface area (Å²) in [7, 11) is 1.93. The minimum absolute atomic E-state index is 0.0149. The molecule has 2 aliphatic rings. The molecule has 0 amide bonds. The second-order valence-corrected chi connectivity index (χ2v) is 13.9. The number of hydrogen-bond acceptors (Lipinski definition) is 5. The highest BCUT2D eigenvalue weighted by atomic mass is 32.1. The molecule has 2 aromatic carbocycles. The van der Waals surface area contributed by atoms with Crippen LogP contribution in [-0.2, 0) is 11.2 Å². The third-order valence-electron chi connectivity index (χ3n) is 9.45. The average molecular weight is 614 g/mol. The largest absolute Gasteiger partial charge is 0.480 e. The molecule has 1 saturated carbocycles. The molecule has 1 saturated heterocycles. The van der Waals surface area contributed by atoms with Crippen LogP contribution in [0.25, 0.3) is 0 Å². The number of halogens is 3. The SMILES string of the molecule is Cc1nc(Cc2cc(F)cc(F)c2)sc1C1CCN(CC2CC(N(C)[C@@H](C(=O)O)C(C)C)CC2c2cccc(F)c2)CC1. The van der Waals surface area contributed by atoms with Gasteiger partial charge in [-0.1, -0.05) is 26.0 Å². The molecular weight excluding hydrogens is 571 g/mol. The molecule has 232 valence electrons. The fraction of sp³-hybridized carbons (Fsp3) is 0.529. The fourth-order valence-corrected chi connectivity index (χ4v) is 8.72. The zero-order valence-electron chi connectivity index (χ0n) is 25.4. The molecule has 1 aromatic heterocycles. The number of thiazole rings is 1. The summed E-state index contributed by atoms with van der Waals surface area (Å²) in [6.45, 7) is 8.71. The maximum Gasteiger partial charge on any atom is 0.321 e. The molecule has 2 heterocycles. The van der Waals surface area contributed by atoms with Gasteiger partial charge in [-0.2, -0.15) is 0 Å². The van der Waals surface area contributed by atoms with Gasteiger partial charge in [0.15, 0.2) is 0 Å². The van der Waals surface area contributed by atoms with Crippen molar-refractivity contribution in [1.29, 1.82) is 0 Å². The van der Waals surface area contributed by atoms with E-state index in [-0.39, 0.29) is 23.7 Å². The number of carbonyl (C=O) groups is 1. The number of likely N-dealkylation sites (N-methyl/N-ethyl adjacent to an activating group) is 1. The van der Waals surface area contributed by atoms with Crippen molar-refractivity contribution in [1.82, 2.24) is 14.8 Å². The number of carboxylic acid groups (broad SMARTS) is 1. The number of nitrogens with zero attached hydrogens (tertiary/aromatic N) is 3. The molecule has 0 bridgehead atoms. The van der Waals surface area contributed by atoms with E-state index in [1.165, 1.54) is 23.1 Å². The zero-order valence-corrected chi connectivity index (χ0v) is 26.2. The molecule has 1 aliphatic carbocycles. The van der Waals surface area contributed by atoms with Gasteiger partial charge >= 0.3 is 5.97 Å². The predicted octanol–water partition coefficient (Wildman–Crippen LogP) is 7.24. The Balaban J connectivity index is 1.25. The van der Waals surface area contributed by atoms with Crippen LogP contribution in [-0.4, -0.2) is 64.6 Å². The van der Waals surface area contributed by atoms with Crippen LogP contribution in [0.1, 0.15) is 78.1 Å². The van der Waals surface area contributed by atoms with Crippen molar-refractivity contribution < 1.29 is 23.1 Å². The van der Waals surface area contributed by atoms with Gasteiger partial charge in [-0.15, -0.1) is 11.3 Å². The molecule has 0 spiro atoms. The molecule has 0 radical (unpaired) electrons. The van der Waals surface area contributed by atoms with Crippen LogP contribution in [0, 0.1) is 36.2 Å². The Morgan fingerprint density at radius 3 is 2.40 bits per heavy atom. The summed E-state index contributed by atoms with van der Waals surface area (Å²) in [6.07, 6.45) is 4.12. The highest BCUT2D eigenvalue weighted by molar-refractivity contribution is 7.11. The van der Waals surface area contributed by atoms with Gasteiger partial charge in [-0.25, -0.2) is 18.2 Å². The first-order valence-electron chi connectivity index (χ1n) is 15.3. The summed E-state index contributed by atoms with van der Waals surface area (Å²) in [5.74, 6) is -1.32. The lowest BCUT2D eigenvalue weighted by atomic mass is 9.87. The summed E-state index contributed by atoms with van der Waals surface area (Å²) < 4.78 is 41.6. The smallest absolute Gasteiger partial charge is 0.321 e. The van der Waals surface area contributed by atoms with E-state index in [1.54, 1.807) is 23.5 Å². The van der Waals surface area contributed by atoms with Crippen molar-refractivity contribution in [2.45, 2.75) is 76.8 Å². The number of piperidine rings is 1. The third-order valence-corrected chi connectivity index (χ3v) is 10.8. The lowest BCUT2D eigenvalue weighted by Crippen LogP contribution is -2.47. The first-order chi connectivity index (χ1) is 20.5. The van der Waals surface area contributed by atoms with Gasteiger partial charge in [-0.05, 0) is 112 Å². The van der Waals surface area contributed by atoms with Gasteiger partial charge in [0.05, 0.1) is 10.7 Å². The number of benzene rings is 2. The molecule has 2 fully saturated rings. The highest BCUT2D eigenvalue weighted by Crippen LogP contribution is 2.44. The minimum Gasteiger partial charge on any atom is -0.480 e. The maximum absolute atomic E-state index is 14.3. The minimum atomic E-state index is -0.796. The van der Waals surface area contributed by atoms with Gasteiger partial charge in [-0.3, -0.25) is 9.69 Å². The quantitative estimate of drug-likeness (QED) is 0.261. The van der Waals surface area contributed by atoms with E-state index in [0.29, 0.717) is 23.8 Å². The molecule has 1 N–H and O–H groups in total. The average Bonchev–Trinajstić information content (AvgIpc) is 3.51. The van der Waals surface area contributed by atoms with Gasteiger partial charge in [0.25, 0.3) is 0 Å². The number of rotatable bonds is 10. The topological polar surface area (TPSA) is 56.7 Å². The van der Waals surface area contributed by atoms with Crippen LogP contribution in [0.2, 0.25) is 0 Å². The summed E-state index contributed by atoms with van der Waals surface area (Å²) in [5, 5.41) is 10.8. The van der Waals surface area contributed by atoms with Crippen LogP contribution in [0.15, 0.2) is 42.5 Å². The second kappa shape index (κ2) is 13.5. The third kappa shape index (κ3) is 7.49. The van der Waals surface area contributed by atoms with Crippen LogP contribution in [0.4, 0.5) is 13.2 Å². The number of carboxylic acids is 1. The van der Waals surface area contributed by atoms with E-state index in [0.717, 1.165) is 67.6 Å². The Hall–Kier alpha value is -2.75. The van der Waals surface area contributed by atoms with E-state index in [9.17, 15) is 23.1 Å². The van der Waals surface area contributed by atoms with Gasteiger partial charge < -0.3 is 10.0 Å². The molecule has 9 heteroatoms. The summed E-state index contributed by atoms with van der Waals surface area (Å²) in [4.78, 5) is 22.6. The Labute approximate surface area is 256 Å². The van der Waals surface area contributed by atoms with Crippen LogP contribution in [0.3, 0.4) is 0 Å². The first kappa shape index (κ1) is 31.7. The van der Waals surface area contributed by atoms with Gasteiger partial charge in [0.1, 0.15) is 23.5 Å². The van der Waals surface area contributed by atoms with Crippen molar-refractivity contribution >= 4 is 17.3 Å². The molecule has 5 rings (SSSR count). The molecule has 4 atom stereocenters. The lowest BCUT2D eigenvalue weighted by Gasteiger charge is -2.35. The summed E-state index contributed by atoms with van der Waals surface area (Å²) in [5.41, 5.74) is 2.59. The Morgan fingerprint density at radius 1 is 1.07 bits per heavy atom. The zero-order chi connectivity index (χ0) is 30.8. The number of aryl methyl sites for hydroxylation is 1. The Kier molecular flexibility index (Phi) is 9.93. The second-order valence-electron chi connectivity index (χ2n) is 12.8. The van der Waals surface area contributed by atoms with Crippen molar-refractivity contribution in [3.8, 4) is 0 Å². The summed E-state index contributed by atoms with van der Waals surface area (Å²) >= 11 is 1.65. The normalized spacial score (nSPS) is 22.5. The standard InChI is InChI=1S/C34H42F3N3O2S/c1-20(2)32(34(41)42)39(4)29-16-25(30(18-29)24-6-5-7-26(35)15-24)19-40-10-8-23(9-11-40)33-21(3)38-31(43-33)14-22-12-27(36)17-28(37)13-22/h5-7,12-13,15,17,20,23,25,29-30,32H,8-11,14,16,18-19H2,1-4H3,(H,41,42)/t25?,29?,30?,32-/m1/s1. The van der Waals surface area contributed by atoms with Gasteiger partial charge in [0, 0.05) is 30.0 Å². The van der Waals surface area contributed by atoms with Crippen molar-refractivity contribution in [2.24, 2.45) is 11.8 Å². The van der Waals surface area contributed by atoms with Crippen molar-refractivity contribution in [3.63, 3.8) is 0 Å². The van der Waals surface area contributed by atoms with Crippen molar-refractivity contribution in [3.05, 3.63) is 86.6 Å². The number of hydrogen-bond donors (Lipinski definition) is 1. The molecule has 43 heavy (non-hydrogen) atoms. The molecule has 3 unspecified atom stereocenters. The Morgan fingerprint density at radius 2 is 1.77 bits per heavy atom.